The lowest BCUT2D eigenvalue weighted by molar-refractivity contribution is -0.143. The van der Waals surface area contributed by atoms with Crippen molar-refractivity contribution in [3.8, 4) is 0 Å². The molecule has 78 valence electrons. The van der Waals surface area contributed by atoms with Crippen LogP contribution in [0.2, 0.25) is 0 Å². The highest BCUT2D eigenvalue weighted by molar-refractivity contribution is 5.79. The molecule has 2 atom stereocenters. The highest BCUT2D eigenvalue weighted by Crippen LogP contribution is 2.59. The number of aldehydes is 1. The van der Waals surface area contributed by atoms with Crippen molar-refractivity contribution in [3.05, 3.63) is 11.6 Å². The number of hydrogen-bond donors (Lipinski definition) is 0. The molecule has 1 aliphatic carbocycles. The predicted molar refractivity (Wildman–Crippen MR) is 52.6 cm³/mol. The first kappa shape index (κ1) is 11.0. The molecule has 0 aromatic heterocycles. The number of allylic oxidation sites excluding steroid dienone is 2. The Kier molecular flexibility index (Phi) is 2.79. The summed E-state index contributed by atoms with van der Waals surface area (Å²) in [4.78, 5) is 21.8. The Balaban J connectivity index is 2.76. The first-order valence-electron chi connectivity index (χ1n) is 4.66. The smallest absolute Gasteiger partial charge is 0.309 e. The lowest BCUT2D eigenvalue weighted by Crippen LogP contribution is -2.07. The van der Waals surface area contributed by atoms with Crippen LogP contribution in [0.15, 0.2) is 11.6 Å². The molecule has 0 aromatic rings. The first-order chi connectivity index (χ1) is 6.45. The van der Waals surface area contributed by atoms with E-state index >= 15 is 0 Å². The van der Waals surface area contributed by atoms with Crippen LogP contribution in [0, 0.1) is 17.3 Å². The molecule has 3 nitrogen and oxygen atoms in total. The van der Waals surface area contributed by atoms with E-state index in [4.69, 9.17) is 4.74 Å². The molecule has 0 aromatic carbocycles. The minimum Gasteiger partial charge on any atom is -0.469 e. The maximum atomic E-state index is 11.3. The number of hydrogen-bond acceptors (Lipinski definition) is 3. The van der Waals surface area contributed by atoms with E-state index in [-0.39, 0.29) is 23.2 Å². The molecule has 1 rings (SSSR count). The van der Waals surface area contributed by atoms with Crippen LogP contribution in [0.3, 0.4) is 0 Å². The van der Waals surface area contributed by atoms with Gasteiger partial charge in [-0.05, 0) is 23.8 Å². The third-order valence-corrected chi connectivity index (χ3v) is 2.99. The summed E-state index contributed by atoms with van der Waals surface area (Å²) in [5.74, 6) is -0.141. The van der Waals surface area contributed by atoms with E-state index in [2.05, 4.69) is 0 Å². The second-order valence-corrected chi connectivity index (χ2v) is 4.38. The van der Waals surface area contributed by atoms with Crippen molar-refractivity contribution in [2.24, 2.45) is 17.3 Å². The van der Waals surface area contributed by atoms with Crippen LogP contribution in [0.4, 0.5) is 0 Å². The molecule has 0 radical (unpaired) electrons. The van der Waals surface area contributed by atoms with Crippen LogP contribution in [-0.2, 0) is 14.3 Å². The quantitative estimate of drug-likeness (QED) is 0.391. The average Bonchev–Trinajstić information content (AvgIpc) is 2.67. The summed E-state index contributed by atoms with van der Waals surface area (Å²) in [7, 11) is 1.39. The number of carbonyl (C=O) groups excluding carboxylic acids is 2. The summed E-state index contributed by atoms with van der Waals surface area (Å²) in [6, 6.07) is 0. The maximum Gasteiger partial charge on any atom is 0.309 e. The third-order valence-electron chi connectivity index (χ3n) is 2.99. The van der Waals surface area contributed by atoms with Crippen LogP contribution < -0.4 is 0 Å². The standard InChI is InChI=1S/C11H16O3/c1-7(6-12)5-8-9(10(13)14-4)11(8,2)3/h5-6,8-9H,1-4H3. The van der Waals surface area contributed by atoms with E-state index < -0.39 is 0 Å². The van der Waals surface area contributed by atoms with Crippen LogP contribution in [0.1, 0.15) is 20.8 Å². The van der Waals surface area contributed by atoms with Crippen LogP contribution in [0.5, 0.6) is 0 Å². The maximum absolute atomic E-state index is 11.3. The van der Waals surface area contributed by atoms with Crippen molar-refractivity contribution in [1.29, 1.82) is 0 Å². The molecule has 0 heterocycles. The molecule has 0 N–H and O–H groups in total. The fourth-order valence-corrected chi connectivity index (χ4v) is 1.89. The van der Waals surface area contributed by atoms with Gasteiger partial charge in [-0.2, -0.15) is 0 Å². The molecule has 0 bridgehead atoms. The lowest BCUT2D eigenvalue weighted by atomic mass is 10.1. The highest BCUT2D eigenvalue weighted by Gasteiger charge is 2.61. The van der Waals surface area contributed by atoms with Gasteiger partial charge in [-0.1, -0.05) is 19.9 Å². The van der Waals surface area contributed by atoms with Crippen molar-refractivity contribution in [1.82, 2.24) is 0 Å². The van der Waals surface area contributed by atoms with E-state index in [1.165, 1.54) is 7.11 Å². The molecule has 2 unspecified atom stereocenters. The minimum atomic E-state index is -0.185. The Morgan fingerprint density at radius 2 is 2.00 bits per heavy atom. The molecule has 1 aliphatic rings. The van der Waals surface area contributed by atoms with Crippen LogP contribution in [0.25, 0.3) is 0 Å². The summed E-state index contributed by atoms with van der Waals surface area (Å²) in [6.07, 6.45) is 2.66. The molecule has 0 aliphatic heterocycles. The molecule has 1 saturated carbocycles. The second kappa shape index (κ2) is 3.56. The lowest BCUT2D eigenvalue weighted by Gasteiger charge is -1.99. The average molecular weight is 196 g/mol. The second-order valence-electron chi connectivity index (χ2n) is 4.38. The Labute approximate surface area is 84.1 Å². The van der Waals surface area contributed by atoms with Crippen LogP contribution in [-0.4, -0.2) is 19.4 Å². The first-order valence-corrected chi connectivity index (χ1v) is 4.66. The minimum absolute atomic E-state index is 0.0721. The van der Waals surface area contributed by atoms with Crippen molar-refractivity contribution in [3.63, 3.8) is 0 Å². The van der Waals surface area contributed by atoms with E-state index in [1.54, 1.807) is 6.92 Å². The molecule has 3 heteroatoms. The van der Waals surface area contributed by atoms with Gasteiger partial charge in [0.25, 0.3) is 0 Å². The van der Waals surface area contributed by atoms with Gasteiger partial charge >= 0.3 is 5.97 Å². The summed E-state index contributed by atoms with van der Waals surface area (Å²) in [5, 5.41) is 0. The van der Waals surface area contributed by atoms with Gasteiger partial charge in [0.2, 0.25) is 0 Å². The molecular weight excluding hydrogens is 180 g/mol. The zero-order valence-corrected chi connectivity index (χ0v) is 9.03. The molecule has 0 saturated heterocycles. The Bertz CT molecular complexity index is 289. The molecule has 0 spiro atoms. The summed E-state index contributed by atoms with van der Waals surface area (Å²) in [6.45, 7) is 5.76. The molecule has 1 fully saturated rings. The highest BCUT2D eigenvalue weighted by atomic mass is 16.5. The van der Waals surface area contributed by atoms with Crippen molar-refractivity contribution in [2.75, 3.05) is 7.11 Å². The summed E-state index contributed by atoms with van der Waals surface area (Å²) in [5.41, 5.74) is 0.603. The zero-order chi connectivity index (χ0) is 10.9. The van der Waals surface area contributed by atoms with Gasteiger partial charge in [-0.3, -0.25) is 9.59 Å². The number of esters is 1. The van der Waals surface area contributed by atoms with E-state index in [0.29, 0.717) is 5.57 Å². The number of carbonyl (C=O) groups is 2. The predicted octanol–water partition coefficient (Wildman–Crippen LogP) is 1.58. The summed E-state index contributed by atoms with van der Waals surface area (Å²) >= 11 is 0. The fraction of sp³-hybridized carbons (Fsp3) is 0.636. The summed E-state index contributed by atoms with van der Waals surface area (Å²) < 4.78 is 4.70. The fourth-order valence-electron chi connectivity index (χ4n) is 1.89. The van der Waals surface area contributed by atoms with Gasteiger partial charge in [0.15, 0.2) is 0 Å². The molecular formula is C11H16O3. The Morgan fingerprint density at radius 3 is 2.43 bits per heavy atom. The number of methoxy groups -OCH3 is 1. The van der Waals surface area contributed by atoms with E-state index in [0.717, 1.165) is 6.29 Å². The van der Waals surface area contributed by atoms with Gasteiger partial charge in [0, 0.05) is 0 Å². The Morgan fingerprint density at radius 1 is 1.43 bits per heavy atom. The molecule has 14 heavy (non-hydrogen) atoms. The molecule has 0 amide bonds. The van der Waals surface area contributed by atoms with Gasteiger partial charge < -0.3 is 4.74 Å². The topological polar surface area (TPSA) is 43.4 Å². The van der Waals surface area contributed by atoms with E-state index in [1.807, 2.05) is 19.9 Å². The van der Waals surface area contributed by atoms with E-state index in [9.17, 15) is 9.59 Å². The largest absolute Gasteiger partial charge is 0.469 e. The number of rotatable bonds is 3. The van der Waals surface area contributed by atoms with Gasteiger partial charge in [0.1, 0.15) is 6.29 Å². The third kappa shape index (κ3) is 1.72. The normalized spacial score (nSPS) is 29.6. The van der Waals surface area contributed by atoms with Crippen molar-refractivity contribution < 1.29 is 14.3 Å². The van der Waals surface area contributed by atoms with Crippen molar-refractivity contribution >= 4 is 12.3 Å². The van der Waals surface area contributed by atoms with Gasteiger partial charge in [-0.15, -0.1) is 0 Å². The zero-order valence-electron chi connectivity index (χ0n) is 9.03. The number of ether oxygens (including phenoxy) is 1. The monoisotopic (exact) mass is 196 g/mol. The van der Waals surface area contributed by atoms with Gasteiger partial charge in [0.05, 0.1) is 13.0 Å². The SMILES string of the molecule is COC(=O)C1C(C=C(C)C=O)C1(C)C. The van der Waals surface area contributed by atoms with Crippen molar-refractivity contribution in [2.45, 2.75) is 20.8 Å². The Hall–Kier alpha value is -1.12. The van der Waals surface area contributed by atoms with Gasteiger partial charge in [-0.25, -0.2) is 0 Å². The van der Waals surface area contributed by atoms with Crippen LogP contribution >= 0.6 is 0 Å².